The SMILES string of the molecule is N/C(=N/O)c1ccnc(Oc2cccc3ccccc23)n1. The maximum atomic E-state index is 8.67. The Morgan fingerprint density at radius 3 is 2.76 bits per heavy atom. The number of rotatable bonds is 3. The Bertz CT molecular complexity index is 812. The molecule has 0 unspecified atom stereocenters. The van der Waals surface area contributed by atoms with Crippen LogP contribution in [0, 0.1) is 0 Å². The van der Waals surface area contributed by atoms with Crippen LogP contribution in [0.15, 0.2) is 59.9 Å². The fourth-order valence-corrected chi connectivity index (χ4v) is 1.97. The standard InChI is InChI=1S/C15H12N4O2/c16-14(19-20)12-8-9-17-15(18-12)21-13-7-3-5-10-4-1-2-6-11(10)13/h1-9,20H,(H2,16,19). The maximum Gasteiger partial charge on any atom is 0.322 e. The number of amidine groups is 1. The molecule has 0 aliphatic carbocycles. The smallest absolute Gasteiger partial charge is 0.322 e. The summed E-state index contributed by atoms with van der Waals surface area (Å²) >= 11 is 0. The Morgan fingerprint density at radius 1 is 1.10 bits per heavy atom. The van der Waals surface area contributed by atoms with Crippen molar-refractivity contribution in [1.82, 2.24) is 9.97 Å². The van der Waals surface area contributed by atoms with Gasteiger partial charge in [0.15, 0.2) is 5.84 Å². The van der Waals surface area contributed by atoms with Crippen LogP contribution < -0.4 is 10.5 Å². The molecule has 3 rings (SSSR count). The lowest BCUT2D eigenvalue weighted by Gasteiger charge is -2.07. The third-order valence-corrected chi connectivity index (χ3v) is 2.95. The van der Waals surface area contributed by atoms with Crippen molar-refractivity contribution in [2.75, 3.05) is 0 Å². The zero-order valence-corrected chi connectivity index (χ0v) is 11.0. The predicted molar refractivity (Wildman–Crippen MR) is 78.6 cm³/mol. The van der Waals surface area contributed by atoms with Gasteiger partial charge in [0.2, 0.25) is 0 Å². The largest absolute Gasteiger partial charge is 0.424 e. The molecule has 0 bridgehead atoms. The number of ether oxygens (including phenoxy) is 1. The monoisotopic (exact) mass is 280 g/mol. The number of benzene rings is 2. The molecular formula is C15H12N4O2. The van der Waals surface area contributed by atoms with Crippen LogP contribution in [0.5, 0.6) is 11.8 Å². The van der Waals surface area contributed by atoms with Gasteiger partial charge in [0.05, 0.1) is 0 Å². The molecule has 0 atom stereocenters. The van der Waals surface area contributed by atoms with Gasteiger partial charge in [0.25, 0.3) is 0 Å². The minimum absolute atomic E-state index is 0.0971. The summed E-state index contributed by atoms with van der Waals surface area (Å²) in [6, 6.07) is 15.2. The van der Waals surface area contributed by atoms with E-state index in [0.29, 0.717) is 11.4 Å². The topological polar surface area (TPSA) is 93.6 Å². The summed E-state index contributed by atoms with van der Waals surface area (Å²) in [6.45, 7) is 0. The molecule has 0 aliphatic heterocycles. The van der Waals surface area contributed by atoms with Gasteiger partial charge >= 0.3 is 6.01 Å². The van der Waals surface area contributed by atoms with Crippen LogP contribution in [0.1, 0.15) is 5.69 Å². The van der Waals surface area contributed by atoms with Crippen molar-refractivity contribution in [3.05, 3.63) is 60.4 Å². The molecular weight excluding hydrogens is 268 g/mol. The number of nitrogens with two attached hydrogens (primary N) is 1. The quantitative estimate of drug-likeness (QED) is 0.333. The van der Waals surface area contributed by atoms with Crippen LogP contribution in [0.4, 0.5) is 0 Å². The Kier molecular flexibility index (Phi) is 3.34. The molecule has 2 aromatic carbocycles. The van der Waals surface area contributed by atoms with E-state index in [9.17, 15) is 0 Å². The highest BCUT2D eigenvalue weighted by Gasteiger charge is 2.07. The molecule has 0 saturated heterocycles. The maximum absolute atomic E-state index is 8.67. The highest BCUT2D eigenvalue weighted by Crippen LogP contribution is 2.28. The van der Waals surface area contributed by atoms with Crippen molar-refractivity contribution in [3.63, 3.8) is 0 Å². The second-order valence-electron chi connectivity index (χ2n) is 4.29. The molecule has 21 heavy (non-hydrogen) atoms. The molecule has 6 heteroatoms. The first-order chi connectivity index (χ1) is 10.3. The molecule has 3 N–H and O–H groups in total. The predicted octanol–water partition coefficient (Wildman–Crippen LogP) is 2.52. The molecule has 0 aliphatic rings. The number of aromatic nitrogens is 2. The van der Waals surface area contributed by atoms with Crippen LogP contribution in [-0.4, -0.2) is 21.0 Å². The Morgan fingerprint density at radius 2 is 1.90 bits per heavy atom. The number of nitrogens with zero attached hydrogens (tertiary/aromatic N) is 3. The summed E-state index contributed by atoms with van der Waals surface area (Å²) in [5.74, 6) is 0.546. The van der Waals surface area contributed by atoms with Gasteiger partial charge in [-0.05, 0) is 17.5 Å². The van der Waals surface area contributed by atoms with Gasteiger partial charge in [-0.3, -0.25) is 0 Å². The third-order valence-electron chi connectivity index (χ3n) is 2.95. The lowest BCUT2D eigenvalue weighted by molar-refractivity contribution is 0.318. The van der Waals surface area contributed by atoms with Gasteiger partial charge < -0.3 is 15.7 Å². The summed E-state index contributed by atoms with van der Waals surface area (Å²) in [4.78, 5) is 8.13. The zero-order chi connectivity index (χ0) is 14.7. The second-order valence-corrected chi connectivity index (χ2v) is 4.29. The van der Waals surface area contributed by atoms with Crippen LogP contribution in [0.2, 0.25) is 0 Å². The Balaban J connectivity index is 1.99. The number of fused-ring (bicyclic) bond motifs is 1. The summed E-state index contributed by atoms with van der Waals surface area (Å²) < 4.78 is 5.71. The summed E-state index contributed by atoms with van der Waals surface area (Å²) in [5, 5.41) is 13.6. The minimum atomic E-state index is -0.0971. The summed E-state index contributed by atoms with van der Waals surface area (Å²) in [6.07, 6.45) is 1.49. The van der Waals surface area contributed by atoms with Gasteiger partial charge in [-0.1, -0.05) is 41.6 Å². The van der Waals surface area contributed by atoms with Crippen molar-refractivity contribution < 1.29 is 9.94 Å². The van der Waals surface area contributed by atoms with E-state index < -0.39 is 0 Å². The molecule has 1 heterocycles. The van der Waals surface area contributed by atoms with Crippen LogP contribution in [0.25, 0.3) is 10.8 Å². The highest BCUT2D eigenvalue weighted by atomic mass is 16.5. The van der Waals surface area contributed by atoms with Crippen molar-refractivity contribution >= 4 is 16.6 Å². The molecule has 0 radical (unpaired) electrons. The molecule has 1 aromatic heterocycles. The van der Waals surface area contributed by atoms with Gasteiger partial charge in [0, 0.05) is 11.6 Å². The van der Waals surface area contributed by atoms with E-state index >= 15 is 0 Å². The Hall–Kier alpha value is -3.15. The summed E-state index contributed by atoms with van der Waals surface area (Å²) in [7, 11) is 0. The molecule has 3 aromatic rings. The molecule has 0 spiro atoms. The van der Waals surface area contributed by atoms with Gasteiger partial charge in [-0.2, -0.15) is 4.98 Å². The lowest BCUT2D eigenvalue weighted by Crippen LogP contribution is -2.15. The van der Waals surface area contributed by atoms with E-state index in [-0.39, 0.29) is 11.8 Å². The summed E-state index contributed by atoms with van der Waals surface area (Å²) in [5.41, 5.74) is 5.80. The second kappa shape index (κ2) is 5.46. The Labute approximate surface area is 120 Å². The van der Waals surface area contributed by atoms with Crippen LogP contribution in [-0.2, 0) is 0 Å². The average Bonchev–Trinajstić information content (AvgIpc) is 2.55. The van der Waals surface area contributed by atoms with Crippen LogP contribution >= 0.6 is 0 Å². The van der Waals surface area contributed by atoms with Crippen molar-refractivity contribution in [2.45, 2.75) is 0 Å². The number of hydrogen-bond acceptors (Lipinski definition) is 5. The van der Waals surface area contributed by atoms with Gasteiger partial charge in [-0.15, -0.1) is 0 Å². The van der Waals surface area contributed by atoms with E-state index in [0.717, 1.165) is 10.8 Å². The zero-order valence-electron chi connectivity index (χ0n) is 11.0. The van der Waals surface area contributed by atoms with E-state index in [4.69, 9.17) is 15.7 Å². The van der Waals surface area contributed by atoms with E-state index in [2.05, 4.69) is 15.1 Å². The first kappa shape index (κ1) is 12.9. The molecule has 0 fully saturated rings. The van der Waals surface area contributed by atoms with Crippen molar-refractivity contribution in [2.24, 2.45) is 10.9 Å². The van der Waals surface area contributed by atoms with E-state index in [1.807, 2.05) is 42.5 Å². The van der Waals surface area contributed by atoms with Gasteiger partial charge in [-0.25, -0.2) is 4.98 Å². The van der Waals surface area contributed by atoms with E-state index in [1.165, 1.54) is 12.3 Å². The first-order valence-electron chi connectivity index (χ1n) is 6.24. The van der Waals surface area contributed by atoms with Crippen LogP contribution in [0.3, 0.4) is 0 Å². The fraction of sp³-hybridized carbons (Fsp3) is 0. The molecule has 0 saturated carbocycles. The minimum Gasteiger partial charge on any atom is -0.424 e. The highest BCUT2D eigenvalue weighted by molar-refractivity contribution is 5.95. The van der Waals surface area contributed by atoms with Crippen molar-refractivity contribution in [3.8, 4) is 11.8 Å². The van der Waals surface area contributed by atoms with Crippen molar-refractivity contribution in [1.29, 1.82) is 0 Å². The fourth-order valence-electron chi connectivity index (χ4n) is 1.97. The third kappa shape index (κ3) is 2.59. The lowest BCUT2D eigenvalue weighted by atomic mass is 10.1. The molecule has 104 valence electrons. The van der Waals surface area contributed by atoms with E-state index in [1.54, 1.807) is 0 Å². The van der Waals surface area contributed by atoms with Gasteiger partial charge in [0.1, 0.15) is 11.4 Å². The molecule has 6 nitrogen and oxygen atoms in total. The number of oxime groups is 1. The normalized spacial score (nSPS) is 11.5. The molecule has 0 amide bonds. The first-order valence-corrected chi connectivity index (χ1v) is 6.24. The number of hydrogen-bond donors (Lipinski definition) is 2. The average molecular weight is 280 g/mol.